The minimum absolute atomic E-state index is 0.0734. The van der Waals surface area contributed by atoms with E-state index in [4.69, 9.17) is 14.5 Å². The van der Waals surface area contributed by atoms with Crippen LogP contribution in [0.25, 0.3) is 0 Å². The van der Waals surface area contributed by atoms with Crippen LogP contribution in [-0.2, 0) is 16.7 Å². The number of hydrogen-bond acceptors (Lipinski definition) is 5. The maximum absolute atomic E-state index is 6.35. The van der Waals surface area contributed by atoms with Gasteiger partial charge in [0.1, 0.15) is 5.75 Å². The number of ether oxygens (including phenoxy) is 2. The maximum Gasteiger partial charge on any atom is 0.140 e. The second-order valence-electron chi connectivity index (χ2n) is 8.72. The van der Waals surface area contributed by atoms with Crippen LogP contribution in [0.3, 0.4) is 0 Å². The molecule has 0 radical (unpaired) electrons. The summed E-state index contributed by atoms with van der Waals surface area (Å²) in [5.74, 6) is 0.849. The first kappa shape index (κ1) is 20.3. The van der Waals surface area contributed by atoms with Gasteiger partial charge in [0.25, 0.3) is 0 Å². The minimum atomic E-state index is 0.0734. The summed E-state index contributed by atoms with van der Waals surface area (Å²) in [6, 6.07) is 8.42. The lowest BCUT2D eigenvalue weighted by Gasteiger charge is -2.46. The largest absolute Gasteiger partial charge is 0.495 e. The lowest BCUT2D eigenvalue weighted by Crippen LogP contribution is -2.47. The van der Waals surface area contributed by atoms with E-state index in [0.717, 1.165) is 56.0 Å². The van der Waals surface area contributed by atoms with Crippen molar-refractivity contribution in [1.29, 1.82) is 0 Å². The fraction of sp³-hybridized carbons (Fsp3) is 0.583. The molecule has 0 aromatic carbocycles. The number of aromatic nitrogens is 2. The Morgan fingerprint density at radius 1 is 1.17 bits per heavy atom. The summed E-state index contributed by atoms with van der Waals surface area (Å²) in [7, 11) is 1.70. The van der Waals surface area contributed by atoms with Crippen molar-refractivity contribution in [2.45, 2.75) is 69.4 Å². The zero-order valence-corrected chi connectivity index (χ0v) is 17.7. The van der Waals surface area contributed by atoms with Gasteiger partial charge in [-0.3, -0.25) is 9.97 Å². The van der Waals surface area contributed by atoms with Crippen LogP contribution in [0.15, 0.2) is 36.7 Å². The lowest BCUT2D eigenvalue weighted by molar-refractivity contribution is -0.104. The maximum atomic E-state index is 6.35. The molecule has 1 aliphatic carbocycles. The van der Waals surface area contributed by atoms with Gasteiger partial charge >= 0.3 is 0 Å². The molecule has 1 atom stereocenters. The molecule has 3 heterocycles. The topological polar surface area (TPSA) is 56.3 Å². The standard InChI is InChI=1S/C24H33N3O2/c1-19-21(28-2)15-20(17-27-19)16-25-13-10-23(22-7-3-6-12-26-22)11-14-29-24(18-23)8-4-5-9-24/h3,6-7,12,15,17,25H,4-5,8-11,13-14,16,18H2,1-2H3/t23-/m1/s1. The van der Waals surface area contributed by atoms with Crippen molar-refractivity contribution in [3.05, 3.63) is 53.6 Å². The van der Waals surface area contributed by atoms with Crippen LogP contribution >= 0.6 is 0 Å². The van der Waals surface area contributed by atoms with Crippen molar-refractivity contribution in [2.24, 2.45) is 0 Å². The number of hydrogen-bond donors (Lipinski definition) is 1. The first-order chi connectivity index (χ1) is 14.1. The number of rotatable bonds is 7. The Morgan fingerprint density at radius 3 is 2.79 bits per heavy atom. The Labute approximate surface area is 174 Å². The Balaban J connectivity index is 1.44. The van der Waals surface area contributed by atoms with Crippen LogP contribution in [-0.4, -0.2) is 35.8 Å². The monoisotopic (exact) mass is 395 g/mol. The van der Waals surface area contributed by atoms with Crippen molar-refractivity contribution in [1.82, 2.24) is 15.3 Å². The first-order valence-electron chi connectivity index (χ1n) is 10.9. The van der Waals surface area contributed by atoms with E-state index >= 15 is 0 Å². The van der Waals surface area contributed by atoms with Crippen molar-refractivity contribution in [3.63, 3.8) is 0 Å². The van der Waals surface area contributed by atoms with Gasteiger partial charge in [0.2, 0.25) is 0 Å². The molecule has 2 fully saturated rings. The van der Waals surface area contributed by atoms with Gasteiger partial charge in [-0.1, -0.05) is 18.9 Å². The number of nitrogens with one attached hydrogen (secondary N) is 1. The summed E-state index contributed by atoms with van der Waals surface area (Å²) in [5.41, 5.74) is 3.48. The van der Waals surface area contributed by atoms with Gasteiger partial charge in [-0.05, 0) is 69.3 Å². The van der Waals surface area contributed by atoms with Gasteiger partial charge in [-0.25, -0.2) is 0 Å². The molecule has 0 bridgehead atoms. The molecule has 5 heteroatoms. The van der Waals surface area contributed by atoms with Gasteiger partial charge in [0, 0.05) is 36.7 Å². The second kappa shape index (κ2) is 8.80. The summed E-state index contributed by atoms with van der Waals surface area (Å²) in [6.45, 7) is 4.55. The summed E-state index contributed by atoms with van der Waals surface area (Å²) in [5, 5.41) is 3.63. The van der Waals surface area contributed by atoms with Crippen LogP contribution in [0, 0.1) is 6.92 Å². The molecular weight excluding hydrogens is 362 g/mol. The van der Waals surface area contributed by atoms with Gasteiger partial charge in [-0.15, -0.1) is 0 Å². The molecule has 0 unspecified atom stereocenters. The highest BCUT2D eigenvalue weighted by atomic mass is 16.5. The van der Waals surface area contributed by atoms with Crippen molar-refractivity contribution in [2.75, 3.05) is 20.3 Å². The summed E-state index contributed by atoms with van der Waals surface area (Å²) < 4.78 is 11.7. The molecular formula is C24H33N3O2. The number of aryl methyl sites for hydroxylation is 1. The van der Waals surface area contributed by atoms with Gasteiger partial charge < -0.3 is 14.8 Å². The fourth-order valence-electron chi connectivity index (χ4n) is 5.21. The van der Waals surface area contributed by atoms with E-state index in [0.29, 0.717) is 0 Å². The molecule has 4 rings (SSSR count). The minimum Gasteiger partial charge on any atom is -0.495 e. The Bertz CT molecular complexity index is 805. The Morgan fingerprint density at radius 2 is 2.03 bits per heavy atom. The molecule has 29 heavy (non-hydrogen) atoms. The fourth-order valence-corrected chi connectivity index (χ4v) is 5.21. The van der Waals surface area contributed by atoms with E-state index in [2.05, 4.69) is 28.5 Å². The molecule has 1 spiro atoms. The van der Waals surface area contributed by atoms with E-state index < -0.39 is 0 Å². The van der Waals surface area contributed by atoms with E-state index in [-0.39, 0.29) is 11.0 Å². The molecule has 1 saturated heterocycles. The smallest absolute Gasteiger partial charge is 0.140 e. The van der Waals surface area contributed by atoms with Crippen molar-refractivity contribution in [3.8, 4) is 5.75 Å². The molecule has 5 nitrogen and oxygen atoms in total. The summed E-state index contributed by atoms with van der Waals surface area (Å²) in [6.07, 6.45) is 12.1. The van der Waals surface area contributed by atoms with Crippen LogP contribution < -0.4 is 10.1 Å². The highest BCUT2D eigenvalue weighted by Crippen LogP contribution is 2.49. The normalized spacial score (nSPS) is 23.4. The van der Waals surface area contributed by atoms with Crippen molar-refractivity contribution < 1.29 is 9.47 Å². The molecule has 1 saturated carbocycles. The predicted molar refractivity (Wildman–Crippen MR) is 114 cm³/mol. The highest BCUT2D eigenvalue weighted by molar-refractivity contribution is 5.30. The molecule has 2 aromatic rings. The third kappa shape index (κ3) is 4.46. The van der Waals surface area contributed by atoms with Crippen LogP contribution in [0.5, 0.6) is 5.75 Å². The van der Waals surface area contributed by atoms with Gasteiger partial charge in [0.05, 0.1) is 18.4 Å². The van der Waals surface area contributed by atoms with Crippen molar-refractivity contribution >= 4 is 0 Å². The highest BCUT2D eigenvalue weighted by Gasteiger charge is 2.48. The summed E-state index contributed by atoms with van der Waals surface area (Å²) >= 11 is 0. The lowest BCUT2D eigenvalue weighted by atomic mass is 9.68. The molecule has 156 valence electrons. The quantitative estimate of drug-likeness (QED) is 0.707. The third-order valence-electron chi connectivity index (χ3n) is 6.80. The summed E-state index contributed by atoms with van der Waals surface area (Å²) in [4.78, 5) is 9.22. The number of pyridine rings is 2. The van der Waals surface area contributed by atoms with Gasteiger partial charge in [0.15, 0.2) is 0 Å². The number of nitrogens with zero attached hydrogens (tertiary/aromatic N) is 2. The zero-order valence-electron chi connectivity index (χ0n) is 17.7. The Hall–Kier alpha value is -1.98. The molecule has 2 aliphatic rings. The van der Waals surface area contributed by atoms with E-state index in [1.54, 1.807) is 7.11 Å². The second-order valence-corrected chi connectivity index (χ2v) is 8.72. The zero-order chi connectivity index (χ0) is 20.2. The Kier molecular flexibility index (Phi) is 6.16. The SMILES string of the molecule is COc1cc(CNCC[C@@]2(c3ccccn3)CCOC3(CCCC3)C2)cnc1C. The first-order valence-corrected chi connectivity index (χ1v) is 10.9. The van der Waals surface area contributed by atoms with Crippen LogP contribution in [0.2, 0.25) is 0 Å². The molecule has 2 aromatic heterocycles. The average Bonchev–Trinajstić information content (AvgIpc) is 3.20. The van der Waals surface area contributed by atoms with E-state index in [9.17, 15) is 0 Å². The van der Waals surface area contributed by atoms with E-state index in [1.807, 2.05) is 25.4 Å². The molecule has 1 aliphatic heterocycles. The number of methoxy groups -OCH3 is 1. The average molecular weight is 396 g/mol. The molecule has 0 amide bonds. The van der Waals surface area contributed by atoms with Gasteiger partial charge in [-0.2, -0.15) is 0 Å². The van der Waals surface area contributed by atoms with Crippen LogP contribution in [0.1, 0.15) is 61.9 Å². The van der Waals surface area contributed by atoms with E-state index in [1.165, 1.54) is 31.4 Å². The predicted octanol–water partition coefficient (Wildman–Crippen LogP) is 4.33. The molecule has 1 N–H and O–H groups in total. The third-order valence-corrected chi connectivity index (χ3v) is 6.80. The van der Waals surface area contributed by atoms with Crippen LogP contribution in [0.4, 0.5) is 0 Å².